The average Bonchev–Trinajstić information content (AvgIpc) is 3.75. The summed E-state index contributed by atoms with van der Waals surface area (Å²) in [6.07, 6.45) is 1.75. The summed E-state index contributed by atoms with van der Waals surface area (Å²) in [5.74, 6) is 0.446. The van der Waals surface area contributed by atoms with Crippen molar-refractivity contribution >= 4 is 11.0 Å². The first-order chi connectivity index (χ1) is 33.5. The van der Waals surface area contributed by atoms with Crippen LogP contribution in [0.1, 0.15) is 45.7 Å². The number of phenols is 1. The van der Waals surface area contributed by atoms with Crippen molar-refractivity contribution in [2.45, 2.75) is 39.9 Å². The molecule has 0 spiro atoms. The topological polar surface area (TPSA) is 50.9 Å². The molecule has 2 aromatic heterocycles. The number of pyridine rings is 1. The van der Waals surface area contributed by atoms with Gasteiger partial charge in [0, 0.05) is 46.7 Å². The molecule has 2 heterocycles. The van der Waals surface area contributed by atoms with Crippen LogP contribution in [0.2, 0.25) is 0 Å². The van der Waals surface area contributed by atoms with Crippen LogP contribution in [0.3, 0.4) is 0 Å². The minimum atomic E-state index is -2.51. The summed E-state index contributed by atoms with van der Waals surface area (Å²) in [4.78, 5) is 10.2. The van der Waals surface area contributed by atoms with Crippen LogP contribution < -0.4 is 0 Å². The number of phenolic OH excluding ortho intramolecular Hbond substituents is 1. The van der Waals surface area contributed by atoms with E-state index < -0.39 is 13.7 Å². The largest absolute Gasteiger partial charge is 0.507 e. The summed E-state index contributed by atoms with van der Waals surface area (Å²) in [5.41, 5.74) is 13.4. The number of benzene rings is 8. The molecular formula is C60H48N3OPt-. The molecule has 0 saturated carbocycles. The van der Waals surface area contributed by atoms with E-state index in [0.29, 0.717) is 39.4 Å². The second kappa shape index (κ2) is 17.8. The van der Waals surface area contributed by atoms with Gasteiger partial charge in [0.05, 0.1) is 22.3 Å². The maximum atomic E-state index is 11.6. The molecule has 0 amide bonds. The molecule has 0 radical (unpaired) electrons. The molecular weight excluding hydrogens is 974 g/mol. The number of nitrogens with zero attached hydrogens (tertiary/aromatic N) is 3. The number of aromatic nitrogens is 3. The third kappa shape index (κ3) is 8.51. The summed E-state index contributed by atoms with van der Waals surface area (Å²) in [6.45, 7) is 1.75. The van der Waals surface area contributed by atoms with Gasteiger partial charge in [-0.15, -0.1) is 23.8 Å². The van der Waals surface area contributed by atoms with E-state index in [1.807, 2.05) is 126 Å². The molecule has 1 N–H and O–H groups in total. The first kappa shape index (κ1) is 36.2. The number of hydrogen-bond acceptors (Lipinski definition) is 3. The molecule has 320 valence electrons. The molecule has 5 heteroatoms. The van der Waals surface area contributed by atoms with E-state index in [2.05, 4.69) is 63.2 Å². The molecule has 10 rings (SSSR count). The molecule has 65 heavy (non-hydrogen) atoms. The Labute approximate surface area is 404 Å². The van der Waals surface area contributed by atoms with Gasteiger partial charge in [0.2, 0.25) is 0 Å². The number of para-hydroxylation sites is 2. The molecule has 0 bridgehead atoms. The standard InChI is InChI=1S/C60H48N3O.Pt/c1-39-23-25-42(26-24-39)45-31-32-61-54(37-45)48-35-46(41-15-8-6-9-16-41)34-47(36-48)50-20-14-21-55-58(50)62-59(51-19-12-13-22-57(51)64)63(55)56-33-40(2)52(38-53(56)43-17-10-7-11-18-43)44-27-29-49(30-28-44)60(3,4)5;/h6-35,37-38,64H,1-5H3;/q-1;/i1D3,2D3;. The third-order valence-corrected chi connectivity index (χ3v) is 11.9. The normalized spacial score (nSPS) is 13.2. The van der Waals surface area contributed by atoms with Crippen LogP contribution in [0, 0.1) is 19.8 Å². The molecule has 0 atom stereocenters. The monoisotopic (exact) mass is 1030 g/mol. The molecule has 0 saturated heterocycles. The fraction of sp³-hybridized carbons (Fsp3) is 0.100. The van der Waals surface area contributed by atoms with Crippen molar-refractivity contribution < 1.29 is 34.4 Å². The van der Waals surface area contributed by atoms with Crippen LogP contribution in [-0.2, 0) is 26.5 Å². The molecule has 10 aromatic rings. The quantitative estimate of drug-likeness (QED) is 0.154. The van der Waals surface area contributed by atoms with E-state index in [9.17, 15) is 5.11 Å². The van der Waals surface area contributed by atoms with Gasteiger partial charge in [-0.25, -0.2) is 4.98 Å². The maximum Gasteiger partial charge on any atom is 0.148 e. The van der Waals surface area contributed by atoms with Crippen LogP contribution in [0.25, 0.3) is 95.0 Å². The number of fused-ring (bicyclic) bond motifs is 1. The minimum Gasteiger partial charge on any atom is -0.507 e. The van der Waals surface area contributed by atoms with Crippen molar-refractivity contribution in [1.82, 2.24) is 14.5 Å². The predicted octanol–water partition coefficient (Wildman–Crippen LogP) is 15.5. The van der Waals surface area contributed by atoms with Crippen molar-refractivity contribution in [3.8, 4) is 89.7 Å². The van der Waals surface area contributed by atoms with Gasteiger partial charge >= 0.3 is 0 Å². The molecule has 0 unspecified atom stereocenters. The zero-order valence-electron chi connectivity index (χ0n) is 42.1. The zero-order valence-corrected chi connectivity index (χ0v) is 38.4. The van der Waals surface area contributed by atoms with E-state index in [1.165, 1.54) is 0 Å². The second-order valence-corrected chi connectivity index (χ2v) is 17.1. The Morgan fingerprint density at radius 3 is 1.89 bits per heavy atom. The van der Waals surface area contributed by atoms with E-state index >= 15 is 0 Å². The fourth-order valence-corrected chi connectivity index (χ4v) is 8.48. The van der Waals surface area contributed by atoms with Gasteiger partial charge < -0.3 is 5.11 Å². The van der Waals surface area contributed by atoms with Gasteiger partial charge in [-0.2, -0.15) is 0 Å². The zero-order chi connectivity index (χ0) is 49.0. The summed E-state index contributed by atoms with van der Waals surface area (Å²) in [7, 11) is 0. The Morgan fingerprint density at radius 2 is 1.18 bits per heavy atom. The van der Waals surface area contributed by atoms with Gasteiger partial charge in [-0.05, 0) is 100 Å². The maximum absolute atomic E-state index is 11.6. The molecule has 0 aliphatic rings. The summed E-state index contributed by atoms with van der Waals surface area (Å²) in [6, 6.07) is 63.6. The van der Waals surface area contributed by atoms with Crippen molar-refractivity contribution in [3.63, 3.8) is 0 Å². The Bertz CT molecular complexity index is 3540. The number of aromatic hydroxyl groups is 1. The predicted molar refractivity (Wildman–Crippen MR) is 266 cm³/mol. The number of aryl methyl sites for hydroxylation is 2. The van der Waals surface area contributed by atoms with Crippen molar-refractivity contribution in [3.05, 3.63) is 217 Å². The van der Waals surface area contributed by atoms with Crippen molar-refractivity contribution in [2.24, 2.45) is 0 Å². The first-order valence-corrected chi connectivity index (χ1v) is 21.4. The van der Waals surface area contributed by atoms with E-state index in [-0.39, 0.29) is 43.4 Å². The van der Waals surface area contributed by atoms with Gasteiger partial charge in [-0.1, -0.05) is 183 Å². The Kier molecular flexibility index (Phi) is 9.92. The molecule has 0 fully saturated rings. The number of hydrogen-bond donors (Lipinski definition) is 1. The van der Waals surface area contributed by atoms with Gasteiger partial charge in [0.1, 0.15) is 11.6 Å². The van der Waals surface area contributed by atoms with Crippen LogP contribution in [0.15, 0.2) is 194 Å². The Hall–Kier alpha value is -7.13. The minimum absolute atomic E-state index is 0. The fourth-order valence-electron chi connectivity index (χ4n) is 8.48. The smallest absolute Gasteiger partial charge is 0.148 e. The molecule has 4 nitrogen and oxygen atoms in total. The van der Waals surface area contributed by atoms with Crippen molar-refractivity contribution in [1.29, 1.82) is 0 Å². The van der Waals surface area contributed by atoms with Gasteiger partial charge in [-0.3, -0.25) is 9.55 Å². The summed E-state index contributed by atoms with van der Waals surface area (Å²) in [5, 5.41) is 11.6. The third-order valence-electron chi connectivity index (χ3n) is 11.9. The van der Waals surface area contributed by atoms with Crippen LogP contribution >= 0.6 is 0 Å². The van der Waals surface area contributed by atoms with Gasteiger partial charge in [0.15, 0.2) is 0 Å². The molecule has 0 aliphatic carbocycles. The van der Waals surface area contributed by atoms with Crippen LogP contribution in [0.4, 0.5) is 0 Å². The number of imidazole rings is 1. The summed E-state index contributed by atoms with van der Waals surface area (Å²) < 4.78 is 52.5. The van der Waals surface area contributed by atoms with Crippen LogP contribution in [0.5, 0.6) is 5.75 Å². The van der Waals surface area contributed by atoms with E-state index in [0.717, 1.165) is 61.2 Å². The van der Waals surface area contributed by atoms with Crippen molar-refractivity contribution in [2.75, 3.05) is 0 Å². The Morgan fingerprint density at radius 1 is 0.538 bits per heavy atom. The first-order valence-electron chi connectivity index (χ1n) is 24.4. The average molecular weight is 1030 g/mol. The summed E-state index contributed by atoms with van der Waals surface area (Å²) >= 11 is 0. The molecule has 8 aromatic carbocycles. The van der Waals surface area contributed by atoms with E-state index in [1.54, 1.807) is 36.5 Å². The van der Waals surface area contributed by atoms with Crippen LogP contribution in [-0.4, -0.2) is 19.6 Å². The SMILES string of the molecule is [2H]C([2H])([2H])c1ccc(-c2ccnc(-c3[c-]c(-c4cccc5c4nc(-c4ccccc4O)n5-c4cc(C([2H])([2H])[2H])c(-c5ccc(C(C)(C)C)cc5)cc4-c4ccccc4)cc(-c4ccccc4)c3)c2)cc1.[Pt]. The van der Waals surface area contributed by atoms with E-state index in [4.69, 9.17) is 18.2 Å². The Balaban J connectivity index is 0.00000624. The molecule has 0 aliphatic heterocycles. The second-order valence-electron chi connectivity index (χ2n) is 17.1. The number of rotatable bonds is 8. The van der Waals surface area contributed by atoms with Gasteiger partial charge in [0.25, 0.3) is 0 Å².